The summed E-state index contributed by atoms with van der Waals surface area (Å²) in [6, 6.07) is 11.7. The third kappa shape index (κ3) is 5.79. The van der Waals surface area contributed by atoms with Crippen molar-refractivity contribution in [3.63, 3.8) is 0 Å². The molecule has 0 saturated heterocycles. The molecule has 0 bridgehead atoms. The van der Waals surface area contributed by atoms with Crippen LogP contribution in [-0.4, -0.2) is 28.2 Å². The Balaban J connectivity index is 1.77. The van der Waals surface area contributed by atoms with Gasteiger partial charge in [-0.3, -0.25) is 0 Å². The first kappa shape index (κ1) is 20.3. The van der Waals surface area contributed by atoms with E-state index in [-0.39, 0.29) is 23.5 Å². The minimum Gasteiger partial charge on any atom is -0.357 e. The predicted octanol–water partition coefficient (Wildman–Crippen LogP) is 4.78. The summed E-state index contributed by atoms with van der Waals surface area (Å²) >= 11 is 5.83. The van der Waals surface area contributed by atoms with Crippen molar-refractivity contribution in [1.82, 2.24) is 15.0 Å². The second-order valence-corrected chi connectivity index (χ2v) is 6.12. The Morgan fingerprint density at radius 3 is 2.34 bits per heavy atom. The van der Waals surface area contributed by atoms with Crippen molar-refractivity contribution in [3.05, 3.63) is 64.7 Å². The van der Waals surface area contributed by atoms with Crippen LogP contribution in [0.25, 0.3) is 0 Å². The molecule has 0 saturated carbocycles. The number of nitrogens with zero attached hydrogens (tertiary/aromatic N) is 4. The molecular formula is C18H15ClF3N7. The van der Waals surface area contributed by atoms with E-state index in [1.54, 1.807) is 37.5 Å². The molecule has 3 N–H and O–H groups in total. The van der Waals surface area contributed by atoms with Gasteiger partial charge in [0.05, 0.1) is 11.8 Å². The minimum atomic E-state index is -4.45. The molecule has 0 aliphatic carbocycles. The zero-order valence-electron chi connectivity index (χ0n) is 15.0. The molecule has 150 valence electrons. The van der Waals surface area contributed by atoms with Crippen LogP contribution in [0.5, 0.6) is 0 Å². The topological polar surface area (TPSA) is 87.1 Å². The molecule has 0 aliphatic rings. The molecule has 29 heavy (non-hydrogen) atoms. The van der Waals surface area contributed by atoms with Crippen LogP contribution >= 0.6 is 11.6 Å². The molecule has 0 fully saturated rings. The van der Waals surface area contributed by atoms with Gasteiger partial charge in [0.2, 0.25) is 17.8 Å². The monoisotopic (exact) mass is 421 g/mol. The Morgan fingerprint density at radius 2 is 1.66 bits per heavy atom. The van der Waals surface area contributed by atoms with Crippen molar-refractivity contribution in [2.75, 3.05) is 23.1 Å². The Kier molecular flexibility index (Phi) is 6.13. The van der Waals surface area contributed by atoms with Crippen LogP contribution in [0.1, 0.15) is 11.1 Å². The van der Waals surface area contributed by atoms with Gasteiger partial charge in [-0.25, -0.2) is 5.43 Å². The fraction of sp³-hybridized carbons (Fsp3) is 0.111. The lowest BCUT2D eigenvalue weighted by atomic mass is 10.2. The first-order chi connectivity index (χ1) is 13.8. The van der Waals surface area contributed by atoms with Crippen molar-refractivity contribution in [2.45, 2.75) is 6.18 Å². The standard InChI is InChI=1S/C18H15ClF3N7/c1-23-15-26-16(25-14-4-2-3-12(9-14)18(20,21)22)28-17(27-15)29-24-10-11-5-7-13(19)8-6-11/h2-10H,1H3,(H3,23,25,26,27,28,29). The van der Waals surface area contributed by atoms with E-state index in [9.17, 15) is 13.2 Å². The lowest BCUT2D eigenvalue weighted by Gasteiger charge is -2.11. The van der Waals surface area contributed by atoms with Gasteiger partial charge in [0.15, 0.2) is 0 Å². The zero-order chi connectivity index (χ0) is 20.9. The van der Waals surface area contributed by atoms with Crippen LogP contribution in [0.4, 0.5) is 36.7 Å². The van der Waals surface area contributed by atoms with Crippen LogP contribution in [0.15, 0.2) is 53.6 Å². The Hall–Kier alpha value is -3.40. The highest BCUT2D eigenvalue weighted by atomic mass is 35.5. The summed E-state index contributed by atoms with van der Waals surface area (Å²) < 4.78 is 38.6. The molecule has 0 amide bonds. The lowest BCUT2D eigenvalue weighted by Crippen LogP contribution is -2.08. The van der Waals surface area contributed by atoms with E-state index in [4.69, 9.17) is 11.6 Å². The van der Waals surface area contributed by atoms with Crippen molar-refractivity contribution in [3.8, 4) is 0 Å². The van der Waals surface area contributed by atoms with Gasteiger partial charge in [0, 0.05) is 17.8 Å². The van der Waals surface area contributed by atoms with Crippen LogP contribution in [0.3, 0.4) is 0 Å². The van der Waals surface area contributed by atoms with E-state index >= 15 is 0 Å². The van der Waals surface area contributed by atoms with E-state index in [1.165, 1.54) is 12.1 Å². The molecule has 0 radical (unpaired) electrons. The molecule has 2 aromatic carbocycles. The van der Waals surface area contributed by atoms with E-state index < -0.39 is 11.7 Å². The Bertz CT molecular complexity index is 1010. The number of rotatable bonds is 6. The van der Waals surface area contributed by atoms with Gasteiger partial charge in [0.25, 0.3) is 0 Å². The van der Waals surface area contributed by atoms with E-state index in [0.717, 1.165) is 17.7 Å². The second kappa shape index (κ2) is 8.74. The average molecular weight is 422 g/mol. The number of benzene rings is 2. The van der Waals surface area contributed by atoms with Gasteiger partial charge < -0.3 is 10.6 Å². The predicted molar refractivity (Wildman–Crippen MR) is 107 cm³/mol. The normalized spacial score (nSPS) is 11.5. The molecule has 0 unspecified atom stereocenters. The Morgan fingerprint density at radius 1 is 0.966 bits per heavy atom. The highest BCUT2D eigenvalue weighted by Crippen LogP contribution is 2.31. The molecule has 1 aromatic heterocycles. The summed E-state index contributed by atoms with van der Waals surface area (Å²) in [7, 11) is 1.60. The fourth-order valence-corrected chi connectivity index (χ4v) is 2.34. The first-order valence-corrected chi connectivity index (χ1v) is 8.64. The van der Waals surface area contributed by atoms with Crippen molar-refractivity contribution < 1.29 is 13.2 Å². The van der Waals surface area contributed by atoms with Gasteiger partial charge in [-0.2, -0.15) is 33.2 Å². The number of alkyl halides is 3. The van der Waals surface area contributed by atoms with Crippen LogP contribution in [-0.2, 0) is 6.18 Å². The molecule has 3 rings (SSSR count). The fourth-order valence-electron chi connectivity index (χ4n) is 2.21. The van der Waals surface area contributed by atoms with Crippen molar-refractivity contribution in [1.29, 1.82) is 0 Å². The summed E-state index contributed by atoms with van der Waals surface area (Å²) in [5.74, 6) is 0.357. The number of anilines is 4. The second-order valence-electron chi connectivity index (χ2n) is 5.68. The molecule has 1 heterocycles. The van der Waals surface area contributed by atoms with Crippen molar-refractivity contribution >= 4 is 41.3 Å². The molecule has 11 heteroatoms. The van der Waals surface area contributed by atoms with E-state index in [1.807, 2.05) is 0 Å². The summed E-state index contributed by atoms with van der Waals surface area (Å²) in [4.78, 5) is 12.3. The van der Waals surface area contributed by atoms with Gasteiger partial charge in [-0.15, -0.1) is 0 Å². The maximum atomic E-state index is 12.9. The Labute approximate surface area is 169 Å². The number of aromatic nitrogens is 3. The SMILES string of the molecule is CNc1nc(NN=Cc2ccc(Cl)cc2)nc(Nc2cccc(C(F)(F)F)c2)n1. The van der Waals surface area contributed by atoms with Crippen LogP contribution in [0.2, 0.25) is 5.02 Å². The number of halogens is 4. The first-order valence-electron chi connectivity index (χ1n) is 8.26. The smallest absolute Gasteiger partial charge is 0.357 e. The number of hydrogen-bond donors (Lipinski definition) is 3. The maximum absolute atomic E-state index is 12.9. The maximum Gasteiger partial charge on any atom is 0.416 e. The summed E-state index contributed by atoms with van der Waals surface area (Å²) in [5.41, 5.74) is 2.86. The largest absolute Gasteiger partial charge is 0.416 e. The quantitative estimate of drug-likeness (QED) is 0.392. The molecule has 7 nitrogen and oxygen atoms in total. The lowest BCUT2D eigenvalue weighted by molar-refractivity contribution is -0.137. The third-order valence-corrected chi connectivity index (χ3v) is 3.81. The zero-order valence-corrected chi connectivity index (χ0v) is 15.8. The van der Waals surface area contributed by atoms with Crippen molar-refractivity contribution in [2.24, 2.45) is 5.10 Å². The summed E-state index contributed by atoms with van der Waals surface area (Å²) in [5, 5.41) is 10.1. The van der Waals surface area contributed by atoms with Gasteiger partial charge in [-0.1, -0.05) is 29.8 Å². The number of hydrazone groups is 1. The van der Waals surface area contributed by atoms with E-state index in [2.05, 4.69) is 36.1 Å². The molecule has 0 aliphatic heterocycles. The molecular weight excluding hydrogens is 407 g/mol. The minimum absolute atomic E-state index is 0.0490. The highest BCUT2D eigenvalue weighted by Gasteiger charge is 2.30. The van der Waals surface area contributed by atoms with Crippen LogP contribution < -0.4 is 16.1 Å². The molecule has 3 aromatic rings. The van der Waals surface area contributed by atoms with Gasteiger partial charge in [0.1, 0.15) is 0 Å². The molecule has 0 spiro atoms. The number of nitrogens with one attached hydrogen (secondary N) is 3. The van der Waals surface area contributed by atoms with Gasteiger partial charge >= 0.3 is 6.18 Å². The average Bonchev–Trinajstić information content (AvgIpc) is 2.69. The van der Waals surface area contributed by atoms with Gasteiger partial charge in [-0.05, 0) is 35.9 Å². The highest BCUT2D eigenvalue weighted by molar-refractivity contribution is 6.30. The number of hydrogen-bond acceptors (Lipinski definition) is 7. The summed E-state index contributed by atoms with van der Waals surface area (Å²) in [6.07, 6.45) is -2.91. The van der Waals surface area contributed by atoms with E-state index in [0.29, 0.717) is 5.02 Å². The third-order valence-electron chi connectivity index (χ3n) is 3.55. The molecule has 0 atom stereocenters. The van der Waals surface area contributed by atoms with Crippen LogP contribution in [0, 0.1) is 0 Å². The summed E-state index contributed by atoms with van der Waals surface area (Å²) in [6.45, 7) is 0.